The van der Waals surface area contributed by atoms with E-state index in [1.807, 2.05) is 0 Å². The molecule has 0 bridgehead atoms. The summed E-state index contributed by atoms with van der Waals surface area (Å²) in [5, 5.41) is 16.6. The summed E-state index contributed by atoms with van der Waals surface area (Å²) in [6, 6.07) is 1.56. The third-order valence-corrected chi connectivity index (χ3v) is 5.16. The van der Waals surface area contributed by atoms with Crippen LogP contribution in [-0.4, -0.2) is 72.5 Å². The number of carbonyl (C=O) groups is 5. The minimum atomic E-state index is -1.45. The predicted octanol–water partition coefficient (Wildman–Crippen LogP) is -0.506. The highest BCUT2D eigenvalue weighted by Gasteiger charge is 2.30. The molecule has 0 saturated heterocycles. The van der Waals surface area contributed by atoms with Gasteiger partial charge in [0, 0.05) is 0 Å². The lowest BCUT2D eigenvalue weighted by molar-refractivity contribution is -0.143. The van der Waals surface area contributed by atoms with Gasteiger partial charge in [0.05, 0.1) is 19.6 Å². The first-order chi connectivity index (χ1) is 16.4. The number of phenols is 1. The van der Waals surface area contributed by atoms with Gasteiger partial charge in [-0.2, -0.15) is 0 Å². The monoisotopic (exact) mass is 496 g/mol. The molecule has 1 aromatic carbocycles. The van der Waals surface area contributed by atoms with E-state index in [0.717, 1.165) is 7.11 Å². The van der Waals surface area contributed by atoms with Crippen molar-refractivity contribution in [3.8, 4) is 5.75 Å². The van der Waals surface area contributed by atoms with Gasteiger partial charge in [-0.25, -0.2) is 4.39 Å². The standard InChI is InChI=1S/C23H33FN4O7/c1-12(2)20(28-22(33)16(25)9-14-5-7-15(29)8-6-14)23(34)26-13(3)21(32)27-17(18(30)11-24)10-19(31)35-4/h5-8,12-13,16-17,20,29H,9-11,25H2,1-4H3,(H,26,34)(H,27,32)(H,28,33)/t13-,16-,17-,20-/m0/s1. The minimum Gasteiger partial charge on any atom is -0.508 e. The van der Waals surface area contributed by atoms with Crippen LogP contribution in [0.2, 0.25) is 0 Å². The van der Waals surface area contributed by atoms with E-state index < -0.39 is 66.7 Å². The van der Waals surface area contributed by atoms with Crippen molar-refractivity contribution in [2.75, 3.05) is 13.8 Å². The van der Waals surface area contributed by atoms with Crippen molar-refractivity contribution >= 4 is 29.5 Å². The number of methoxy groups -OCH3 is 1. The molecule has 0 aliphatic heterocycles. The first kappa shape index (κ1) is 29.5. The topological polar surface area (TPSA) is 177 Å². The molecule has 0 aliphatic rings. The zero-order valence-corrected chi connectivity index (χ0v) is 20.2. The fourth-order valence-corrected chi connectivity index (χ4v) is 3.03. The Morgan fingerprint density at radius 2 is 1.57 bits per heavy atom. The van der Waals surface area contributed by atoms with Gasteiger partial charge >= 0.3 is 5.97 Å². The van der Waals surface area contributed by atoms with Gasteiger partial charge in [-0.15, -0.1) is 0 Å². The molecule has 0 heterocycles. The molecule has 0 fully saturated rings. The Balaban J connectivity index is 2.77. The van der Waals surface area contributed by atoms with Crippen LogP contribution < -0.4 is 21.7 Å². The third-order valence-electron chi connectivity index (χ3n) is 5.16. The normalized spacial score (nSPS) is 14.3. The van der Waals surface area contributed by atoms with Crippen molar-refractivity contribution in [2.24, 2.45) is 11.7 Å². The number of alkyl halides is 1. The summed E-state index contributed by atoms with van der Waals surface area (Å²) in [4.78, 5) is 61.0. The van der Waals surface area contributed by atoms with Crippen LogP contribution in [0.4, 0.5) is 4.39 Å². The Bertz CT molecular complexity index is 908. The quantitative estimate of drug-likeness (QED) is 0.227. The van der Waals surface area contributed by atoms with Crippen LogP contribution in [0, 0.1) is 5.92 Å². The van der Waals surface area contributed by atoms with Crippen LogP contribution in [0.1, 0.15) is 32.8 Å². The van der Waals surface area contributed by atoms with E-state index in [4.69, 9.17) is 5.73 Å². The molecule has 12 heteroatoms. The van der Waals surface area contributed by atoms with Crippen LogP contribution >= 0.6 is 0 Å². The van der Waals surface area contributed by atoms with Gasteiger partial charge < -0.3 is 31.5 Å². The summed E-state index contributed by atoms with van der Waals surface area (Å²) in [6.07, 6.45) is -0.392. The molecular formula is C23H33FN4O7. The van der Waals surface area contributed by atoms with Crippen LogP contribution in [0.3, 0.4) is 0 Å². The number of esters is 1. The fourth-order valence-electron chi connectivity index (χ4n) is 3.03. The van der Waals surface area contributed by atoms with E-state index in [1.165, 1.54) is 19.1 Å². The maximum atomic E-state index is 12.8. The van der Waals surface area contributed by atoms with Gasteiger partial charge in [-0.1, -0.05) is 26.0 Å². The SMILES string of the molecule is COC(=O)C[C@H](NC(=O)[C@H](C)NC(=O)[C@@H](NC(=O)[C@@H](N)Cc1ccc(O)cc1)C(C)C)C(=O)CF. The summed E-state index contributed by atoms with van der Waals surface area (Å²) in [7, 11) is 1.08. The minimum absolute atomic E-state index is 0.0761. The van der Waals surface area contributed by atoms with Crippen LogP contribution in [0.15, 0.2) is 24.3 Å². The lowest BCUT2D eigenvalue weighted by Gasteiger charge is -2.25. The molecule has 0 saturated carbocycles. The second kappa shape index (κ2) is 14.0. The zero-order chi connectivity index (χ0) is 26.7. The number of ether oxygens (including phenoxy) is 1. The number of hydrogen-bond donors (Lipinski definition) is 5. The van der Waals surface area contributed by atoms with Crippen LogP contribution in [0.25, 0.3) is 0 Å². The average Bonchev–Trinajstić information content (AvgIpc) is 2.81. The molecule has 11 nitrogen and oxygen atoms in total. The Kier molecular flexibility index (Phi) is 11.8. The van der Waals surface area contributed by atoms with Crippen molar-refractivity contribution in [3.63, 3.8) is 0 Å². The van der Waals surface area contributed by atoms with Crippen molar-refractivity contribution < 1.29 is 38.2 Å². The zero-order valence-electron chi connectivity index (χ0n) is 20.2. The Morgan fingerprint density at radius 3 is 2.09 bits per heavy atom. The number of nitrogens with one attached hydrogen (secondary N) is 3. The van der Waals surface area contributed by atoms with E-state index in [-0.39, 0.29) is 18.1 Å². The molecule has 35 heavy (non-hydrogen) atoms. The molecule has 0 radical (unpaired) electrons. The Morgan fingerprint density at radius 1 is 0.971 bits per heavy atom. The number of Topliss-reactive ketones (excluding diaryl/α,β-unsaturated/α-hetero) is 1. The molecular weight excluding hydrogens is 463 g/mol. The molecule has 194 valence electrons. The molecule has 0 aliphatic carbocycles. The number of hydrogen-bond acceptors (Lipinski definition) is 8. The van der Waals surface area contributed by atoms with Crippen molar-refractivity contribution in [1.82, 2.24) is 16.0 Å². The molecule has 0 spiro atoms. The number of nitrogens with two attached hydrogens (primary N) is 1. The summed E-state index contributed by atoms with van der Waals surface area (Å²) < 4.78 is 17.2. The maximum Gasteiger partial charge on any atom is 0.308 e. The van der Waals surface area contributed by atoms with Gasteiger partial charge in [-0.05, 0) is 37.0 Å². The van der Waals surface area contributed by atoms with E-state index in [0.29, 0.717) is 5.56 Å². The first-order valence-electron chi connectivity index (χ1n) is 11.0. The number of phenolic OH excluding ortho intramolecular Hbond substituents is 1. The van der Waals surface area contributed by atoms with E-state index in [2.05, 4.69) is 20.7 Å². The highest BCUT2D eigenvalue weighted by atomic mass is 19.1. The highest BCUT2D eigenvalue weighted by Crippen LogP contribution is 2.11. The molecule has 1 aromatic rings. The summed E-state index contributed by atoms with van der Waals surface area (Å²) in [5.74, 6) is -4.21. The third kappa shape index (κ3) is 9.69. The van der Waals surface area contributed by atoms with Gasteiger partial charge in [0.15, 0.2) is 5.78 Å². The number of benzene rings is 1. The van der Waals surface area contributed by atoms with Crippen molar-refractivity contribution in [1.29, 1.82) is 0 Å². The smallest absolute Gasteiger partial charge is 0.308 e. The summed E-state index contributed by atoms with van der Waals surface area (Å²) >= 11 is 0. The largest absolute Gasteiger partial charge is 0.508 e. The lowest BCUT2D eigenvalue weighted by atomic mass is 10.0. The second-order valence-electron chi connectivity index (χ2n) is 8.38. The molecule has 0 aromatic heterocycles. The Hall–Kier alpha value is -3.54. The Labute approximate surface area is 203 Å². The fraction of sp³-hybridized carbons (Fsp3) is 0.522. The lowest BCUT2D eigenvalue weighted by Crippen LogP contribution is -2.58. The highest BCUT2D eigenvalue weighted by molar-refractivity contribution is 5.96. The van der Waals surface area contributed by atoms with Gasteiger partial charge in [0.1, 0.15) is 30.5 Å². The van der Waals surface area contributed by atoms with Gasteiger partial charge in [0.2, 0.25) is 17.7 Å². The van der Waals surface area contributed by atoms with E-state index in [1.54, 1.807) is 26.0 Å². The number of halogens is 1. The van der Waals surface area contributed by atoms with Gasteiger partial charge in [-0.3, -0.25) is 24.0 Å². The molecule has 4 atom stereocenters. The van der Waals surface area contributed by atoms with Crippen molar-refractivity contribution in [3.05, 3.63) is 29.8 Å². The first-order valence-corrected chi connectivity index (χ1v) is 11.0. The number of aromatic hydroxyl groups is 1. The van der Waals surface area contributed by atoms with Gasteiger partial charge in [0.25, 0.3) is 0 Å². The second-order valence-corrected chi connectivity index (χ2v) is 8.38. The number of carbonyl (C=O) groups excluding carboxylic acids is 5. The van der Waals surface area contributed by atoms with E-state index in [9.17, 15) is 33.5 Å². The predicted molar refractivity (Wildman–Crippen MR) is 124 cm³/mol. The van der Waals surface area contributed by atoms with Crippen LogP contribution in [-0.2, 0) is 35.1 Å². The number of rotatable bonds is 13. The maximum absolute atomic E-state index is 12.8. The van der Waals surface area contributed by atoms with Crippen LogP contribution in [0.5, 0.6) is 5.75 Å². The molecule has 1 rings (SSSR count). The van der Waals surface area contributed by atoms with Crippen molar-refractivity contribution in [2.45, 2.75) is 57.8 Å². The van der Waals surface area contributed by atoms with E-state index >= 15 is 0 Å². The molecule has 6 N–H and O–H groups in total. The summed E-state index contributed by atoms with van der Waals surface area (Å²) in [6.45, 7) is 3.31. The average molecular weight is 497 g/mol. The number of amides is 3. The molecule has 3 amide bonds. The number of ketones is 1. The molecule has 0 unspecified atom stereocenters. The summed E-state index contributed by atoms with van der Waals surface area (Å²) in [5.41, 5.74) is 6.68.